The van der Waals surface area contributed by atoms with Crippen molar-refractivity contribution in [3.05, 3.63) is 35.9 Å². The fourth-order valence-corrected chi connectivity index (χ4v) is 2.19. The lowest BCUT2D eigenvalue weighted by Crippen LogP contribution is -2.31. The molecule has 2 nitrogen and oxygen atoms in total. The number of β-amino-alcohol motifs (C(OH)–C–C–N with tert-alkyl or cyclic N) is 1. The lowest BCUT2D eigenvalue weighted by Gasteiger charge is -2.19. The molecule has 1 aromatic rings. The SMILES string of the molecule is CSc1cccc(C2=CC(O)CNC2)c1. The Morgan fingerprint density at radius 1 is 1.47 bits per heavy atom. The van der Waals surface area contributed by atoms with Gasteiger partial charge in [0.05, 0.1) is 6.10 Å². The first kappa shape index (κ1) is 10.7. The molecule has 1 atom stereocenters. The highest BCUT2D eigenvalue weighted by molar-refractivity contribution is 7.98. The van der Waals surface area contributed by atoms with Crippen LogP contribution in [0.15, 0.2) is 35.2 Å². The zero-order valence-electron chi connectivity index (χ0n) is 8.73. The van der Waals surface area contributed by atoms with Crippen molar-refractivity contribution in [3.63, 3.8) is 0 Å². The summed E-state index contributed by atoms with van der Waals surface area (Å²) in [6.45, 7) is 1.50. The van der Waals surface area contributed by atoms with Gasteiger partial charge >= 0.3 is 0 Å². The van der Waals surface area contributed by atoms with Crippen LogP contribution >= 0.6 is 11.8 Å². The highest BCUT2D eigenvalue weighted by Gasteiger charge is 2.11. The molecule has 0 radical (unpaired) electrons. The van der Waals surface area contributed by atoms with Gasteiger partial charge in [-0.2, -0.15) is 0 Å². The van der Waals surface area contributed by atoms with E-state index in [4.69, 9.17) is 0 Å². The van der Waals surface area contributed by atoms with Crippen LogP contribution in [0.5, 0.6) is 0 Å². The van der Waals surface area contributed by atoms with E-state index in [0.29, 0.717) is 6.54 Å². The molecule has 0 bridgehead atoms. The first-order valence-corrected chi connectivity index (χ1v) is 6.26. The summed E-state index contributed by atoms with van der Waals surface area (Å²) < 4.78 is 0. The topological polar surface area (TPSA) is 32.3 Å². The summed E-state index contributed by atoms with van der Waals surface area (Å²) in [4.78, 5) is 1.26. The molecule has 0 spiro atoms. The van der Waals surface area contributed by atoms with Gasteiger partial charge in [-0.15, -0.1) is 11.8 Å². The second-order valence-corrected chi connectivity index (χ2v) is 4.50. The molecule has 2 N–H and O–H groups in total. The summed E-state index contributed by atoms with van der Waals surface area (Å²) >= 11 is 1.74. The second kappa shape index (κ2) is 4.84. The van der Waals surface area contributed by atoms with Crippen LogP contribution in [0.1, 0.15) is 5.56 Å². The molecule has 0 saturated carbocycles. The summed E-state index contributed by atoms with van der Waals surface area (Å²) in [6, 6.07) is 8.41. The third-order valence-corrected chi connectivity index (χ3v) is 3.23. The molecular weight excluding hydrogens is 206 g/mol. The lowest BCUT2D eigenvalue weighted by molar-refractivity contribution is 0.217. The number of aliphatic hydroxyl groups is 1. The molecule has 1 aliphatic rings. The molecule has 15 heavy (non-hydrogen) atoms. The Morgan fingerprint density at radius 3 is 3.07 bits per heavy atom. The Labute approximate surface area is 94.4 Å². The fourth-order valence-electron chi connectivity index (χ4n) is 1.73. The molecule has 0 saturated heterocycles. The minimum absolute atomic E-state index is 0.355. The number of nitrogens with one attached hydrogen (secondary N) is 1. The van der Waals surface area contributed by atoms with Gasteiger partial charge in [-0.25, -0.2) is 0 Å². The molecule has 1 heterocycles. The van der Waals surface area contributed by atoms with Crippen molar-refractivity contribution in [2.75, 3.05) is 19.3 Å². The summed E-state index contributed by atoms with van der Waals surface area (Å²) in [5, 5.41) is 12.7. The highest BCUT2D eigenvalue weighted by Crippen LogP contribution is 2.22. The quantitative estimate of drug-likeness (QED) is 0.746. The summed E-state index contributed by atoms with van der Waals surface area (Å²) in [5.74, 6) is 0. The van der Waals surface area contributed by atoms with Crippen molar-refractivity contribution in [2.24, 2.45) is 0 Å². The molecule has 1 unspecified atom stereocenters. The fraction of sp³-hybridized carbons (Fsp3) is 0.333. The maximum atomic E-state index is 9.52. The lowest BCUT2D eigenvalue weighted by atomic mass is 10.0. The molecule has 1 aromatic carbocycles. The standard InChI is InChI=1S/C12H15NOS/c1-15-12-4-2-3-9(6-12)10-5-11(14)8-13-7-10/h2-6,11,13-14H,7-8H2,1H3. The maximum absolute atomic E-state index is 9.52. The first-order valence-electron chi connectivity index (χ1n) is 5.03. The molecule has 0 amide bonds. The summed E-state index contributed by atoms with van der Waals surface area (Å²) in [5.41, 5.74) is 2.39. The predicted octanol–water partition coefficient (Wildman–Crippen LogP) is 1.76. The Hall–Kier alpha value is -0.770. The van der Waals surface area contributed by atoms with Crippen molar-refractivity contribution < 1.29 is 5.11 Å². The van der Waals surface area contributed by atoms with Crippen molar-refractivity contribution in [3.8, 4) is 0 Å². The average molecular weight is 221 g/mol. The van der Waals surface area contributed by atoms with E-state index in [1.165, 1.54) is 16.0 Å². The number of aliphatic hydroxyl groups excluding tert-OH is 1. The van der Waals surface area contributed by atoms with Gasteiger partial charge in [-0.05, 0) is 35.6 Å². The van der Waals surface area contributed by atoms with Crippen molar-refractivity contribution in [1.82, 2.24) is 5.32 Å². The maximum Gasteiger partial charge on any atom is 0.0851 e. The van der Waals surface area contributed by atoms with Gasteiger partial charge in [-0.1, -0.05) is 12.1 Å². The van der Waals surface area contributed by atoms with Gasteiger partial charge < -0.3 is 10.4 Å². The zero-order chi connectivity index (χ0) is 10.7. The number of hydrogen-bond acceptors (Lipinski definition) is 3. The molecule has 1 aliphatic heterocycles. The van der Waals surface area contributed by atoms with Crippen LogP contribution < -0.4 is 5.32 Å². The van der Waals surface area contributed by atoms with Crippen molar-refractivity contribution in [2.45, 2.75) is 11.0 Å². The van der Waals surface area contributed by atoms with E-state index < -0.39 is 0 Å². The normalized spacial score (nSPS) is 21.2. The van der Waals surface area contributed by atoms with Crippen molar-refractivity contribution in [1.29, 1.82) is 0 Å². The predicted molar refractivity (Wildman–Crippen MR) is 65.1 cm³/mol. The van der Waals surface area contributed by atoms with E-state index in [-0.39, 0.29) is 6.10 Å². The number of benzene rings is 1. The van der Waals surface area contributed by atoms with Gasteiger partial charge in [0.15, 0.2) is 0 Å². The smallest absolute Gasteiger partial charge is 0.0851 e. The van der Waals surface area contributed by atoms with Gasteiger partial charge in [0, 0.05) is 18.0 Å². The molecule has 0 fully saturated rings. The van der Waals surface area contributed by atoms with Gasteiger partial charge in [0.2, 0.25) is 0 Å². The van der Waals surface area contributed by atoms with E-state index in [1.54, 1.807) is 11.8 Å². The van der Waals surface area contributed by atoms with Crippen LogP contribution in [-0.2, 0) is 0 Å². The largest absolute Gasteiger partial charge is 0.388 e. The third-order valence-electron chi connectivity index (χ3n) is 2.50. The van der Waals surface area contributed by atoms with E-state index in [0.717, 1.165) is 6.54 Å². The monoisotopic (exact) mass is 221 g/mol. The Balaban J connectivity index is 2.28. The Kier molecular flexibility index (Phi) is 3.46. The first-order chi connectivity index (χ1) is 7.29. The van der Waals surface area contributed by atoms with E-state index >= 15 is 0 Å². The molecule has 2 rings (SSSR count). The zero-order valence-corrected chi connectivity index (χ0v) is 9.55. The summed E-state index contributed by atoms with van der Waals surface area (Å²) in [6.07, 6.45) is 3.66. The molecular formula is C12H15NOS. The minimum Gasteiger partial charge on any atom is -0.388 e. The molecule has 3 heteroatoms. The highest BCUT2D eigenvalue weighted by atomic mass is 32.2. The van der Waals surface area contributed by atoms with Crippen LogP contribution in [0, 0.1) is 0 Å². The van der Waals surface area contributed by atoms with E-state index in [2.05, 4.69) is 35.8 Å². The van der Waals surface area contributed by atoms with Crippen LogP contribution in [-0.4, -0.2) is 30.6 Å². The second-order valence-electron chi connectivity index (χ2n) is 3.62. The third kappa shape index (κ3) is 2.62. The van der Waals surface area contributed by atoms with Crippen LogP contribution in [0.3, 0.4) is 0 Å². The minimum atomic E-state index is -0.355. The molecule has 80 valence electrons. The van der Waals surface area contributed by atoms with Crippen LogP contribution in [0.2, 0.25) is 0 Å². The van der Waals surface area contributed by atoms with Gasteiger partial charge in [0.1, 0.15) is 0 Å². The molecule has 0 aliphatic carbocycles. The van der Waals surface area contributed by atoms with E-state index in [1.807, 2.05) is 6.08 Å². The molecule has 0 aromatic heterocycles. The van der Waals surface area contributed by atoms with Gasteiger partial charge in [-0.3, -0.25) is 0 Å². The van der Waals surface area contributed by atoms with E-state index in [9.17, 15) is 5.11 Å². The van der Waals surface area contributed by atoms with Gasteiger partial charge in [0.25, 0.3) is 0 Å². The van der Waals surface area contributed by atoms with Crippen LogP contribution in [0.25, 0.3) is 5.57 Å². The summed E-state index contributed by atoms with van der Waals surface area (Å²) in [7, 11) is 0. The Morgan fingerprint density at radius 2 is 2.33 bits per heavy atom. The average Bonchev–Trinajstić information content (AvgIpc) is 2.29. The number of rotatable bonds is 2. The number of hydrogen-bond donors (Lipinski definition) is 2. The number of thioether (sulfide) groups is 1. The van der Waals surface area contributed by atoms with Crippen LogP contribution in [0.4, 0.5) is 0 Å². The van der Waals surface area contributed by atoms with Crippen molar-refractivity contribution >= 4 is 17.3 Å². The Bertz CT molecular complexity index is 376.